The van der Waals surface area contributed by atoms with E-state index in [1.54, 1.807) is 28.9 Å². The zero-order valence-corrected chi connectivity index (χ0v) is 11.4. The lowest BCUT2D eigenvalue weighted by atomic mass is 10.1. The molecule has 4 nitrogen and oxygen atoms in total. The largest absolute Gasteiger partial charge is 0.386 e. The molecule has 0 spiro atoms. The molecule has 0 aliphatic rings. The van der Waals surface area contributed by atoms with Crippen LogP contribution in [0.15, 0.2) is 34.9 Å². The second-order valence-electron chi connectivity index (χ2n) is 4.03. The van der Waals surface area contributed by atoms with Crippen LogP contribution in [0.25, 0.3) is 0 Å². The Morgan fingerprint density at radius 1 is 1.44 bits per heavy atom. The maximum atomic E-state index is 10.1. The van der Waals surface area contributed by atoms with E-state index >= 15 is 0 Å². The van der Waals surface area contributed by atoms with E-state index in [2.05, 4.69) is 21.0 Å². The van der Waals surface area contributed by atoms with Crippen molar-refractivity contribution in [1.82, 2.24) is 9.78 Å². The van der Waals surface area contributed by atoms with Crippen LogP contribution in [0.3, 0.4) is 0 Å². The molecule has 0 aliphatic heterocycles. The second-order valence-corrected chi connectivity index (χ2v) is 4.89. The van der Waals surface area contributed by atoms with Crippen LogP contribution in [0.1, 0.15) is 22.9 Å². The quantitative estimate of drug-likeness (QED) is 0.948. The third-order valence-corrected chi connectivity index (χ3v) is 3.45. The van der Waals surface area contributed by atoms with Crippen molar-refractivity contribution in [3.8, 4) is 6.07 Å². The first kappa shape index (κ1) is 12.8. The minimum absolute atomic E-state index is 0.387. The summed E-state index contributed by atoms with van der Waals surface area (Å²) in [5, 5.41) is 23.0. The third kappa shape index (κ3) is 2.78. The van der Waals surface area contributed by atoms with Gasteiger partial charge in [0.2, 0.25) is 0 Å². The molecule has 2 rings (SSSR count). The van der Waals surface area contributed by atoms with Gasteiger partial charge in [-0.2, -0.15) is 10.4 Å². The van der Waals surface area contributed by atoms with Crippen LogP contribution in [-0.4, -0.2) is 14.9 Å². The number of benzene rings is 1. The Bertz CT molecular complexity index is 564. The number of aromatic nitrogens is 2. The summed E-state index contributed by atoms with van der Waals surface area (Å²) in [5.74, 6) is 0. The van der Waals surface area contributed by atoms with Crippen LogP contribution in [0, 0.1) is 18.3 Å². The van der Waals surface area contributed by atoms with Crippen LogP contribution >= 0.6 is 15.9 Å². The monoisotopic (exact) mass is 305 g/mol. The molecule has 2 aromatic rings. The van der Waals surface area contributed by atoms with Gasteiger partial charge in [-0.3, -0.25) is 4.68 Å². The fourth-order valence-electron chi connectivity index (χ4n) is 1.65. The Morgan fingerprint density at radius 3 is 2.61 bits per heavy atom. The number of nitriles is 1. The Kier molecular flexibility index (Phi) is 3.80. The molecule has 1 N–H and O–H groups in total. The molecule has 0 saturated heterocycles. The van der Waals surface area contributed by atoms with E-state index in [9.17, 15) is 5.11 Å². The van der Waals surface area contributed by atoms with Crippen molar-refractivity contribution in [2.24, 2.45) is 0 Å². The standard InChI is InChI=1S/C13H12BrN3O/c1-9-12(14)7-17(16-9)8-13(18)11-4-2-10(6-15)3-5-11/h2-5,7,13,18H,8H2,1H3. The highest BCUT2D eigenvalue weighted by atomic mass is 79.9. The maximum Gasteiger partial charge on any atom is 0.0991 e. The smallest absolute Gasteiger partial charge is 0.0991 e. The number of hydrogen-bond acceptors (Lipinski definition) is 3. The van der Waals surface area contributed by atoms with Gasteiger partial charge in [0, 0.05) is 6.20 Å². The van der Waals surface area contributed by atoms with Gasteiger partial charge in [-0.25, -0.2) is 0 Å². The summed E-state index contributed by atoms with van der Waals surface area (Å²) in [6, 6.07) is 8.96. The number of halogens is 1. The Balaban J connectivity index is 2.11. The van der Waals surface area contributed by atoms with Gasteiger partial charge in [0.1, 0.15) is 0 Å². The summed E-state index contributed by atoms with van der Waals surface area (Å²) in [5.41, 5.74) is 2.25. The highest BCUT2D eigenvalue weighted by Crippen LogP contribution is 2.18. The summed E-state index contributed by atoms with van der Waals surface area (Å²) in [6.07, 6.45) is 1.20. The summed E-state index contributed by atoms with van der Waals surface area (Å²) < 4.78 is 2.62. The highest BCUT2D eigenvalue weighted by molar-refractivity contribution is 9.10. The van der Waals surface area contributed by atoms with Crippen LogP contribution in [0.4, 0.5) is 0 Å². The van der Waals surface area contributed by atoms with Crippen LogP contribution in [-0.2, 0) is 6.54 Å². The van der Waals surface area contributed by atoms with Gasteiger partial charge in [-0.05, 0) is 40.5 Å². The summed E-state index contributed by atoms with van der Waals surface area (Å²) in [6.45, 7) is 2.28. The SMILES string of the molecule is Cc1nn(CC(O)c2ccc(C#N)cc2)cc1Br. The molecule has 1 aromatic heterocycles. The lowest BCUT2D eigenvalue weighted by molar-refractivity contribution is 0.151. The maximum absolute atomic E-state index is 10.1. The molecule has 1 heterocycles. The minimum Gasteiger partial charge on any atom is -0.386 e. The van der Waals surface area contributed by atoms with Crippen molar-refractivity contribution in [3.05, 3.63) is 51.8 Å². The molecule has 0 aliphatic carbocycles. The molecule has 1 aromatic carbocycles. The lowest BCUT2D eigenvalue weighted by Crippen LogP contribution is -2.09. The Labute approximate surface area is 114 Å². The van der Waals surface area contributed by atoms with Crippen molar-refractivity contribution in [2.75, 3.05) is 0 Å². The third-order valence-electron chi connectivity index (χ3n) is 2.67. The van der Waals surface area contributed by atoms with Gasteiger partial charge in [0.25, 0.3) is 0 Å². The first-order chi connectivity index (χ1) is 8.60. The van der Waals surface area contributed by atoms with E-state index < -0.39 is 6.10 Å². The van der Waals surface area contributed by atoms with Gasteiger partial charge in [0.15, 0.2) is 0 Å². The van der Waals surface area contributed by atoms with Crippen molar-refractivity contribution < 1.29 is 5.11 Å². The Morgan fingerprint density at radius 2 is 2.11 bits per heavy atom. The van der Waals surface area contributed by atoms with E-state index in [1.807, 2.05) is 19.2 Å². The summed E-state index contributed by atoms with van der Waals surface area (Å²) in [4.78, 5) is 0. The molecule has 0 bridgehead atoms. The van der Waals surface area contributed by atoms with Gasteiger partial charge in [-0.1, -0.05) is 12.1 Å². The first-order valence-electron chi connectivity index (χ1n) is 5.48. The molecule has 0 radical (unpaired) electrons. The Hall–Kier alpha value is -1.64. The average molecular weight is 306 g/mol. The summed E-state index contributed by atoms with van der Waals surface area (Å²) >= 11 is 3.38. The van der Waals surface area contributed by atoms with Crippen molar-refractivity contribution >= 4 is 15.9 Å². The number of rotatable bonds is 3. The second kappa shape index (κ2) is 5.34. The first-order valence-corrected chi connectivity index (χ1v) is 6.27. The molecule has 0 amide bonds. The molecule has 5 heteroatoms. The predicted molar refractivity (Wildman–Crippen MR) is 70.8 cm³/mol. The number of aryl methyl sites for hydroxylation is 1. The minimum atomic E-state index is -0.635. The number of nitrogens with zero attached hydrogens (tertiary/aromatic N) is 3. The molecular weight excluding hydrogens is 294 g/mol. The van der Waals surface area contributed by atoms with E-state index in [-0.39, 0.29) is 0 Å². The van der Waals surface area contributed by atoms with Gasteiger partial charge >= 0.3 is 0 Å². The van der Waals surface area contributed by atoms with Crippen molar-refractivity contribution in [2.45, 2.75) is 19.6 Å². The molecule has 92 valence electrons. The average Bonchev–Trinajstić information content (AvgIpc) is 2.68. The van der Waals surface area contributed by atoms with Crippen LogP contribution in [0.5, 0.6) is 0 Å². The molecule has 0 fully saturated rings. The molecule has 1 unspecified atom stereocenters. The number of hydrogen-bond donors (Lipinski definition) is 1. The van der Waals surface area contributed by atoms with Crippen molar-refractivity contribution in [1.29, 1.82) is 5.26 Å². The summed E-state index contributed by atoms with van der Waals surface area (Å²) in [7, 11) is 0. The molecule has 0 saturated carbocycles. The van der Waals surface area contributed by atoms with Crippen LogP contribution in [0.2, 0.25) is 0 Å². The zero-order chi connectivity index (χ0) is 13.1. The van der Waals surface area contributed by atoms with Crippen LogP contribution < -0.4 is 0 Å². The predicted octanol–water partition coefficient (Wildman–Crippen LogP) is 2.56. The lowest BCUT2D eigenvalue weighted by Gasteiger charge is -2.10. The fraction of sp³-hybridized carbons (Fsp3) is 0.231. The van der Waals surface area contributed by atoms with E-state index in [1.165, 1.54) is 0 Å². The molecular formula is C13H12BrN3O. The van der Waals surface area contributed by atoms with Gasteiger partial charge < -0.3 is 5.11 Å². The topological polar surface area (TPSA) is 61.8 Å². The normalized spacial score (nSPS) is 12.1. The van der Waals surface area contributed by atoms with E-state index in [0.29, 0.717) is 12.1 Å². The number of aliphatic hydroxyl groups is 1. The molecule has 18 heavy (non-hydrogen) atoms. The van der Waals surface area contributed by atoms with Gasteiger partial charge in [-0.15, -0.1) is 0 Å². The van der Waals surface area contributed by atoms with E-state index in [0.717, 1.165) is 15.7 Å². The van der Waals surface area contributed by atoms with Gasteiger partial charge in [0.05, 0.1) is 34.4 Å². The highest BCUT2D eigenvalue weighted by Gasteiger charge is 2.10. The number of aliphatic hydroxyl groups excluding tert-OH is 1. The zero-order valence-electron chi connectivity index (χ0n) is 9.84. The van der Waals surface area contributed by atoms with Crippen molar-refractivity contribution in [3.63, 3.8) is 0 Å². The van der Waals surface area contributed by atoms with E-state index in [4.69, 9.17) is 5.26 Å². The molecule has 1 atom stereocenters. The fourth-order valence-corrected chi connectivity index (χ4v) is 1.97.